The number of amides is 1. The van der Waals surface area contributed by atoms with Crippen molar-refractivity contribution in [3.63, 3.8) is 0 Å². The molecule has 5 nitrogen and oxygen atoms in total. The van der Waals surface area contributed by atoms with Gasteiger partial charge in [0.2, 0.25) is 0 Å². The van der Waals surface area contributed by atoms with E-state index in [1.165, 1.54) is 11.8 Å². The fourth-order valence-corrected chi connectivity index (χ4v) is 3.48. The minimum Gasteiger partial charge on any atom is -0.342 e. The summed E-state index contributed by atoms with van der Waals surface area (Å²) in [6.45, 7) is 0. The van der Waals surface area contributed by atoms with Crippen LogP contribution in [0.25, 0.3) is 11.0 Å². The number of aromatic nitrogens is 2. The van der Waals surface area contributed by atoms with E-state index in [-0.39, 0.29) is 11.2 Å². The first kappa shape index (κ1) is 14.0. The number of nitrogens with one attached hydrogen (secondary N) is 2. The first-order valence-corrected chi connectivity index (χ1v) is 8.21. The molecule has 0 bridgehead atoms. The van der Waals surface area contributed by atoms with Gasteiger partial charge in [-0.2, -0.15) is 4.99 Å². The number of hydrogen-bond donors (Lipinski definition) is 2. The topological polar surface area (TPSA) is 70.1 Å². The number of aliphatic imine (C=N–C) groups is 1. The standard InChI is InChI=1S/C17H14N4OS/c22-16-14(10-15-19-12-8-4-5-9-13(12)20-15)23-17(21-16)18-11-6-2-1-3-7-11/h1-9,14H,10H2,(H,19,20)(H,18,21,22). The van der Waals surface area contributed by atoms with Crippen LogP contribution in [0.2, 0.25) is 0 Å². The molecule has 1 amide bonds. The molecule has 0 radical (unpaired) electrons. The quantitative estimate of drug-likeness (QED) is 0.777. The minimum atomic E-state index is -0.234. The van der Waals surface area contributed by atoms with Crippen molar-refractivity contribution >= 4 is 39.6 Å². The summed E-state index contributed by atoms with van der Waals surface area (Å²) in [5.41, 5.74) is 2.83. The van der Waals surface area contributed by atoms with Crippen molar-refractivity contribution < 1.29 is 4.79 Å². The zero-order chi connectivity index (χ0) is 15.6. The second-order valence-electron chi connectivity index (χ2n) is 5.26. The highest BCUT2D eigenvalue weighted by molar-refractivity contribution is 8.15. The molecule has 3 aromatic rings. The summed E-state index contributed by atoms with van der Waals surface area (Å²) in [6, 6.07) is 17.6. The third-order valence-corrected chi connectivity index (χ3v) is 4.65. The molecule has 0 aliphatic carbocycles. The molecule has 1 aliphatic heterocycles. The fraction of sp³-hybridized carbons (Fsp3) is 0.118. The zero-order valence-corrected chi connectivity index (χ0v) is 13.0. The molecule has 0 saturated heterocycles. The molecule has 23 heavy (non-hydrogen) atoms. The van der Waals surface area contributed by atoms with Crippen molar-refractivity contribution in [2.75, 3.05) is 5.32 Å². The lowest BCUT2D eigenvalue weighted by Crippen LogP contribution is -2.15. The Morgan fingerprint density at radius 3 is 2.70 bits per heavy atom. The molecule has 0 fully saturated rings. The van der Waals surface area contributed by atoms with Gasteiger partial charge in [0.1, 0.15) is 11.1 Å². The highest BCUT2D eigenvalue weighted by Gasteiger charge is 2.29. The molecule has 1 aromatic heterocycles. The van der Waals surface area contributed by atoms with Gasteiger partial charge in [-0.1, -0.05) is 42.1 Å². The Labute approximate surface area is 137 Å². The number of carbonyl (C=O) groups is 1. The molecular formula is C17H14N4OS. The molecule has 1 unspecified atom stereocenters. The smallest absolute Gasteiger partial charge is 0.262 e. The first-order chi connectivity index (χ1) is 11.3. The second kappa shape index (κ2) is 5.89. The molecule has 1 atom stereocenters. The predicted molar refractivity (Wildman–Crippen MR) is 93.7 cm³/mol. The lowest BCUT2D eigenvalue weighted by molar-refractivity contribution is -0.117. The second-order valence-corrected chi connectivity index (χ2v) is 6.45. The number of nitrogens with zero attached hydrogens (tertiary/aromatic N) is 2. The van der Waals surface area contributed by atoms with Crippen LogP contribution >= 0.6 is 11.8 Å². The molecule has 2 aromatic carbocycles. The summed E-state index contributed by atoms with van der Waals surface area (Å²) in [6.07, 6.45) is 0.543. The Hall–Kier alpha value is -2.60. The number of fused-ring (bicyclic) bond motifs is 1. The Morgan fingerprint density at radius 2 is 1.87 bits per heavy atom. The average molecular weight is 322 g/mol. The van der Waals surface area contributed by atoms with E-state index in [0.717, 1.165) is 22.5 Å². The predicted octanol–water partition coefficient (Wildman–Crippen LogP) is 3.22. The Kier molecular flexibility index (Phi) is 3.59. The molecule has 0 spiro atoms. The SMILES string of the molecule is O=C1N=C(Nc2ccccc2)SC1Cc1nc2ccccc2[nH]1. The van der Waals surface area contributed by atoms with Crippen molar-refractivity contribution in [1.82, 2.24) is 9.97 Å². The summed E-state index contributed by atoms with van der Waals surface area (Å²) in [4.78, 5) is 24.0. The van der Waals surface area contributed by atoms with Gasteiger partial charge < -0.3 is 10.3 Å². The van der Waals surface area contributed by atoms with Gasteiger partial charge in [-0.15, -0.1) is 0 Å². The highest BCUT2D eigenvalue weighted by Crippen LogP contribution is 2.26. The molecular weight excluding hydrogens is 308 g/mol. The van der Waals surface area contributed by atoms with Crippen LogP contribution in [0.15, 0.2) is 59.6 Å². The van der Waals surface area contributed by atoms with Gasteiger partial charge in [-0.3, -0.25) is 4.79 Å². The zero-order valence-electron chi connectivity index (χ0n) is 12.2. The third kappa shape index (κ3) is 2.98. The Bertz CT molecular complexity index is 855. The number of anilines is 1. The molecule has 114 valence electrons. The number of rotatable bonds is 3. The molecule has 1 aliphatic rings. The highest BCUT2D eigenvalue weighted by atomic mass is 32.2. The van der Waals surface area contributed by atoms with Crippen LogP contribution in [-0.4, -0.2) is 26.3 Å². The molecule has 2 heterocycles. The molecule has 6 heteroatoms. The van der Waals surface area contributed by atoms with E-state index in [1.54, 1.807) is 0 Å². The van der Waals surface area contributed by atoms with Crippen LogP contribution in [0.1, 0.15) is 5.82 Å². The van der Waals surface area contributed by atoms with Crippen molar-refractivity contribution in [3.8, 4) is 0 Å². The van der Waals surface area contributed by atoms with E-state index in [9.17, 15) is 4.79 Å². The number of para-hydroxylation sites is 3. The first-order valence-electron chi connectivity index (χ1n) is 7.33. The maximum atomic E-state index is 12.1. The Balaban J connectivity index is 1.46. The lowest BCUT2D eigenvalue weighted by Gasteiger charge is -2.06. The van der Waals surface area contributed by atoms with Crippen molar-refractivity contribution in [3.05, 3.63) is 60.4 Å². The minimum absolute atomic E-state index is 0.117. The lowest BCUT2D eigenvalue weighted by atomic mass is 10.3. The third-order valence-electron chi connectivity index (χ3n) is 3.58. The van der Waals surface area contributed by atoms with Gasteiger partial charge in [-0.05, 0) is 24.3 Å². The number of carbonyl (C=O) groups excluding carboxylic acids is 1. The van der Waals surface area contributed by atoms with E-state index >= 15 is 0 Å². The van der Waals surface area contributed by atoms with Crippen molar-refractivity contribution in [1.29, 1.82) is 0 Å². The van der Waals surface area contributed by atoms with Crippen LogP contribution in [-0.2, 0) is 11.2 Å². The van der Waals surface area contributed by atoms with Gasteiger partial charge in [0.05, 0.1) is 11.0 Å². The molecule has 0 saturated carbocycles. The van der Waals surface area contributed by atoms with E-state index < -0.39 is 0 Å². The molecule has 2 N–H and O–H groups in total. The number of amidine groups is 1. The maximum Gasteiger partial charge on any atom is 0.262 e. The van der Waals surface area contributed by atoms with Gasteiger partial charge in [0.25, 0.3) is 5.91 Å². The number of benzene rings is 2. The normalized spacial score (nSPS) is 17.5. The Morgan fingerprint density at radius 1 is 1.09 bits per heavy atom. The fourth-order valence-electron chi connectivity index (χ4n) is 2.49. The van der Waals surface area contributed by atoms with E-state index in [1.807, 2.05) is 54.6 Å². The number of imidazole rings is 1. The maximum absolute atomic E-state index is 12.1. The van der Waals surface area contributed by atoms with Gasteiger partial charge in [0, 0.05) is 12.1 Å². The van der Waals surface area contributed by atoms with Gasteiger partial charge in [-0.25, -0.2) is 4.98 Å². The largest absolute Gasteiger partial charge is 0.342 e. The van der Waals surface area contributed by atoms with Crippen LogP contribution in [0.4, 0.5) is 5.69 Å². The summed E-state index contributed by atoms with van der Waals surface area (Å²) >= 11 is 1.45. The van der Waals surface area contributed by atoms with E-state index in [4.69, 9.17) is 0 Å². The summed E-state index contributed by atoms with van der Waals surface area (Å²) < 4.78 is 0. The van der Waals surface area contributed by atoms with Gasteiger partial charge >= 0.3 is 0 Å². The van der Waals surface area contributed by atoms with Crippen LogP contribution in [0.5, 0.6) is 0 Å². The summed E-state index contributed by atoms with van der Waals surface area (Å²) in [5.74, 6) is 0.696. The van der Waals surface area contributed by atoms with Crippen LogP contribution in [0.3, 0.4) is 0 Å². The average Bonchev–Trinajstić information content (AvgIpc) is 3.11. The van der Waals surface area contributed by atoms with Gasteiger partial charge in [0.15, 0.2) is 5.17 Å². The summed E-state index contributed by atoms with van der Waals surface area (Å²) in [7, 11) is 0. The monoisotopic (exact) mass is 322 g/mol. The number of aromatic amines is 1. The number of thioether (sulfide) groups is 1. The van der Waals surface area contributed by atoms with Crippen molar-refractivity contribution in [2.45, 2.75) is 11.7 Å². The van der Waals surface area contributed by atoms with Crippen LogP contribution in [0, 0.1) is 0 Å². The van der Waals surface area contributed by atoms with E-state index in [0.29, 0.717) is 11.6 Å². The van der Waals surface area contributed by atoms with Crippen molar-refractivity contribution in [2.24, 2.45) is 4.99 Å². The number of H-pyrrole nitrogens is 1. The molecule has 4 rings (SSSR count). The van der Waals surface area contributed by atoms with E-state index in [2.05, 4.69) is 20.3 Å². The number of hydrogen-bond acceptors (Lipinski definition) is 4. The van der Waals surface area contributed by atoms with Crippen LogP contribution < -0.4 is 5.32 Å². The summed E-state index contributed by atoms with van der Waals surface area (Å²) in [5, 5.41) is 3.58.